The Kier molecular flexibility index (Phi) is 7.47. The molecule has 2 aromatic rings. The summed E-state index contributed by atoms with van der Waals surface area (Å²) >= 11 is 0. The molecule has 1 atom stereocenters. The molecule has 0 bridgehead atoms. The van der Waals surface area contributed by atoms with Crippen LogP contribution in [-0.2, 0) is 11.3 Å². The van der Waals surface area contributed by atoms with Gasteiger partial charge in [-0.15, -0.1) is 0 Å². The fourth-order valence-corrected chi connectivity index (χ4v) is 6.40. The van der Waals surface area contributed by atoms with Crippen LogP contribution in [0.4, 0.5) is 0 Å². The fourth-order valence-electron chi connectivity index (χ4n) is 6.40. The first kappa shape index (κ1) is 24.4. The zero-order chi connectivity index (χ0) is 24.3. The zero-order valence-electron chi connectivity index (χ0n) is 21.4. The van der Waals surface area contributed by atoms with Crippen LogP contribution in [-0.4, -0.2) is 63.9 Å². The third-order valence-electron chi connectivity index (χ3n) is 8.60. The number of rotatable bonds is 5. The van der Waals surface area contributed by atoms with Crippen molar-refractivity contribution in [3.63, 3.8) is 0 Å². The summed E-state index contributed by atoms with van der Waals surface area (Å²) in [5.74, 6) is -0.00620. The number of nitrogens with one attached hydrogen (secondary N) is 1. The molecule has 2 aliphatic heterocycles. The largest absolute Gasteiger partial charge is 0.351 e. The second-order valence-electron chi connectivity index (χ2n) is 11.2. The van der Waals surface area contributed by atoms with Crippen molar-refractivity contribution in [2.24, 2.45) is 0 Å². The molecular formula is C29H42N4O2. The Morgan fingerprint density at radius 3 is 2.34 bits per heavy atom. The molecule has 1 aromatic carbocycles. The first-order valence-electron chi connectivity index (χ1n) is 14.0. The van der Waals surface area contributed by atoms with Crippen LogP contribution >= 0.6 is 0 Å². The zero-order valence-corrected chi connectivity index (χ0v) is 21.4. The van der Waals surface area contributed by atoms with Gasteiger partial charge >= 0.3 is 0 Å². The molecule has 190 valence electrons. The predicted octanol–water partition coefficient (Wildman–Crippen LogP) is 4.96. The topological polar surface area (TPSA) is 57.6 Å². The summed E-state index contributed by atoms with van der Waals surface area (Å²) in [4.78, 5) is 32.3. The first-order chi connectivity index (χ1) is 17.1. The molecular weight excluding hydrogens is 436 g/mol. The number of fused-ring (bicyclic) bond motifs is 3. The maximum atomic E-state index is 14.0. The molecule has 1 saturated heterocycles. The maximum Gasteiger partial charge on any atom is 0.271 e. The lowest BCUT2D eigenvalue weighted by Crippen LogP contribution is -2.65. The van der Waals surface area contributed by atoms with E-state index in [0.717, 1.165) is 43.4 Å². The molecule has 1 unspecified atom stereocenters. The molecule has 1 aromatic heterocycles. The van der Waals surface area contributed by atoms with Crippen LogP contribution in [0.3, 0.4) is 0 Å². The maximum absolute atomic E-state index is 14.0. The van der Waals surface area contributed by atoms with Gasteiger partial charge in [0.25, 0.3) is 5.91 Å². The van der Waals surface area contributed by atoms with Crippen molar-refractivity contribution in [2.45, 2.75) is 95.7 Å². The third kappa shape index (κ3) is 5.13. The molecule has 3 heterocycles. The lowest BCUT2D eigenvalue weighted by Gasteiger charge is -2.45. The second kappa shape index (κ2) is 10.7. The van der Waals surface area contributed by atoms with Gasteiger partial charge in [-0.2, -0.15) is 0 Å². The van der Waals surface area contributed by atoms with Gasteiger partial charge in [0.2, 0.25) is 5.91 Å². The number of carbonyl (C=O) groups is 2. The van der Waals surface area contributed by atoms with E-state index in [4.69, 9.17) is 0 Å². The minimum Gasteiger partial charge on any atom is -0.351 e. The predicted molar refractivity (Wildman–Crippen MR) is 141 cm³/mol. The summed E-state index contributed by atoms with van der Waals surface area (Å²) < 4.78 is 2.08. The average molecular weight is 479 g/mol. The number of para-hydroxylation sites is 1. The van der Waals surface area contributed by atoms with E-state index < -0.39 is 5.54 Å². The number of carbonyl (C=O) groups excluding carboxylic acids is 2. The first-order valence-corrected chi connectivity index (χ1v) is 14.0. The molecule has 5 rings (SSSR count). The number of hydrogen-bond acceptors (Lipinski definition) is 3. The standard InChI is InChI=1S/C29H42N4O2/c1-29(28(35)30-24-14-7-3-2-4-8-15-24)22-32-25-16-10-9-13-23(25)21-26(32)27(34)33(29)20-19-31-17-11-5-6-12-18-31/h9-10,13,16,21,24H,2-8,11-12,14-15,17-20,22H2,1H3,(H,30,35). The van der Waals surface area contributed by atoms with Gasteiger partial charge in [-0.3, -0.25) is 9.59 Å². The SMILES string of the molecule is CC1(C(=O)NC2CCCCCCC2)Cn2c(cc3ccccc32)C(=O)N1CCN1CCCCCC1. The Bertz CT molecular complexity index is 1030. The van der Waals surface area contributed by atoms with E-state index in [2.05, 4.69) is 26.9 Å². The van der Waals surface area contributed by atoms with E-state index in [1.54, 1.807) is 0 Å². The normalized spacial score (nSPS) is 25.1. The summed E-state index contributed by atoms with van der Waals surface area (Å²) in [6, 6.07) is 10.4. The highest BCUT2D eigenvalue weighted by molar-refractivity contribution is 6.03. The van der Waals surface area contributed by atoms with Crippen LogP contribution in [0, 0.1) is 0 Å². The fraction of sp³-hybridized carbons (Fsp3) is 0.655. The van der Waals surface area contributed by atoms with Crippen molar-refractivity contribution in [1.29, 1.82) is 0 Å². The molecule has 0 spiro atoms. The summed E-state index contributed by atoms with van der Waals surface area (Å²) in [6.07, 6.45) is 13.3. The molecule has 1 aliphatic carbocycles. The van der Waals surface area contributed by atoms with Crippen LogP contribution < -0.4 is 5.32 Å². The quantitative estimate of drug-likeness (QED) is 0.661. The van der Waals surface area contributed by atoms with Gasteiger partial charge in [-0.25, -0.2) is 0 Å². The number of hydrogen-bond donors (Lipinski definition) is 1. The van der Waals surface area contributed by atoms with Gasteiger partial charge in [0, 0.05) is 30.0 Å². The van der Waals surface area contributed by atoms with Crippen molar-refractivity contribution in [1.82, 2.24) is 19.7 Å². The Labute approximate surface area is 210 Å². The number of aromatic nitrogens is 1. The Hall–Kier alpha value is -2.34. The summed E-state index contributed by atoms with van der Waals surface area (Å²) in [5.41, 5.74) is 0.839. The highest BCUT2D eigenvalue weighted by atomic mass is 16.2. The van der Waals surface area contributed by atoms with Crippen LogP contribution in [0.25, 0.3) is 10.9 Å². The number of likely N-dealkylation sites (tertiary alicyclic amines) is 1. The summed E-state index contributed by atoms with van der Waals surface area (Å²) in [7, 11) is 0. The lowest BCUT2D eigenvalue weighted by molar-refractivity contribution is -0.133. The van der Waals surface area contributed by atoms with Crippen molar-refractivity contribution >= 4 is 22.7 Å². The van der Waals surface area contributed by atoms with E-state index >= 15 is 0 Å². The average Bonchev–Trinajstić information content (AvgIpc) is 3.00. The monoisotopic (exact) mass is 478 g/mol. The number of nitrogens with zero attached hydrogens (tertiary/aromatic N) is 3. The van der Waals surface area contributed by atoms with Crippen molar-refractivity contribution in [3.05, 3.63) is 36.0 Å². The van der Waals surface area contributed by atoms with Gasteiger partial charge in [-0.1, -0.05) is 63.1 Å². The second-order valence-corrected chi connectivity index (χ2v) is 11.2. The molecule has 3 aliphatic rings. The molecule has 6 nitrogen and oxygen atoms in total. The Morgan fingerprint density at radius 2 is 1.60 bits per heavy atom. The molecule has 6 heteroatoms. The van der Waals surface area contributed by atoms with Gasteiger partial charge < -0.3 is 19.7 Å². The lowest BCUT2D eigenvalue weighted by atomic mass is 9.92. The Balaban J connectivity index is 1.42. The minimum absolute atomic E-state index is 0.00993. The summed E-state index contributed by atoms with van der Waals surface area (Å²) in [6.45, 7) is 6.09. The van der Waals surface area contributed by atoms with Crippen molar-refractivity contribution in [2.75, 3.05) is 26.2 Å². The van der Waals surface area contributed by atoms with Crippen molar-refractivity contribution in [3.8, 4) is 0 Å². The Morgan fingerprint density at radius 1 is 0.943 bits per heavy atom. The van der Waals surface area contributed by atoms with E-state index in [-0.39, 0.29) is 17.9 Å². The molecule has 1 N–H and O–H groups in total. The third-order valence-corrected chi connectivity index (χ3v) is 8.60. The van der Waals surface area contributed by atoms with Crippen LogP contribution in [0.1, 0.15) is 88.0 Å². The van der Waals surface area contributed by atoms with Gasteiger partial charge in [0.15, 0.2) is 0 Å². The van der Waals surface area contributed by atoms with Gasteiger partial charge in [0.05, 0.1) is 6.54 Å². The molecule has 2 amide bonds. The summed E-state index contributed by atoms with van der Waals surface area (Å²) in [5, 5.41) is 4.47. The van der Waals surface area contributed by atoms with Crippen LogP contribution in [0.5, 0.6) is 0 Å². The highest BCUT2D eigenvalue weighted by Crippen LogP contribution is 2.33. The molecule has 35 heavy (non-hydrogen) atoms. The molecule has 1 saturated carbocycles. The molecule has 2 fully saturated rings. The van der Waals surface area contributed by atoms with Crippen LogP contribution in [0.2, 0.25) is 0 Å². The smallest absolute Gasteiger partial charge is 0.271 e. The van der Waals surface area contributed by atoms with Crippen LogP contribution in [0.15, 0.2) is 30.3 Å². The van der Waals surface area contributed by atoms with Crippen molar-refractivity contribution < 1.29 is 9.59 Å². The van der Waals surface area contributed by atoms with E-state index in [1.165, 1.54) is 57.8 Å². The van der Waals surface area contributed by atoms with Gasteiger partial charge in [-0.05, 0) is 57.8 Å². The number of amides is 2. The highest BCUT2D eigenvalue weighted by Gasteiger charge is 2.48. The minimum atomic E-state index is -0.903. The molecule has 0 radical (unpaired) electrons. The van der Waals surface area contributed by atoms with Gasteiger partial charge in [0.1, 0.15) is 11.2 Å². The van der Waals surface area contributed by atoms with E-state index in [9.17, 15) is 9.59 Å². The van der Waals surface area contributed by atoms with E-state index in [0.29, 0.717) is 18.8 Å². The number of benzene rings is 1. The van der Waals surface area contributed by atoms with E-state index in [1.807, 2.05) is 30.0 Å².